The summed E-state index contributed by atoms with van der Waals surface area (Å²) < 4.78 is 6.31. The van der Waals surface area contributed by atoms with Crippen LogP contribution in [0.1, 0.15) is 10.4 Å². The summed E-state index contributed by atoms with van der Waals surface area (Å²) in [5.74, 6) is -0.250. The number of fused-ring (bicyclic) bond motifs is 1. The van der Waals surface area contributed by atoms with Gasteiger partial charge in [0, 0.05) is 15.6 Å². The summed E-state index contributed by atoms with van der Waals surface area (Å²) in [6.45, 7) is 0. The number of aromatic amines is 2. The van der Waals surface area contributed by atoms with Crippen molar-refractivity contribution < 1.29 is 9.21 Å². The Morgan fingerprint density at radius 2 is 1.78 bits per heavy atom. The number of hydrogen-bond donors (Lipinski definition) is 3. The third-order valence-corrected chi connectivity index (χ3v) is 4.19. The van der Waals surface area contributed by atoms with Gasteiger partial charge in [0.05, 0.1) is 11.0 Å². The number of amides is 1. The summed E-state index contributed by atoms with van der Waals surface area (Å²) in [6.07, 6.45) is 0. The molecular weight excluding hydrogens is 418 g/mol. The molecule has 27 heavy (non-hydrogen) atoms. The van der Waals surface area contributed by atoms with E-state index in [4.69, 9.17) is 4.42 Å². The van der Waals surface area contributed by atoms with Gasteiger partial charge in [-0.1, -0.05) is 27.1 Å². The molecule has 0 saturated carbocycles. The molecule has 1 amide bonds. The Morgan fingerprint density at radius 1 is 1.00 bits per heavy atom. The average Bonchev–Trinajstić information content (AvgIpc) is 3.11. The number of hydrogen-bond acceptors (Lipinski definition) is 6. The highest BCUT2D eigenvalue weighted by Gasteiger charge is 2.14. The van der Waals surface area contributed by atoms with Crippen LogP contribution in [0.2, 0.25) is 0 Å². The molecule has 2 aromatic heterocycles. The van der Waals surface area contributed by atoms with Gasteiger partial charge in [-0.05, 0) is 36.4 Å². The van der Waals surface area contributed by atoms with Gasteiger partial charge >= 0.3 is 17.1 Å². The van der Waals surface area contributed by atoms with Crippen LogP contribution in [-0.2, 0) is 0 Å². The Hall–Kier alpha value is -3.53. The summed E-state index contributed by atoms with van der Waals surface area (Å²) in [5.41, 5.74) is 0.122. The Bertz CT molecular complexity index is 1290. The minimum absolute atomic E-state index is 0.0648. The van der Waals surface area contributed by atoms with E-state index in [2.05, 4.69) is 41.4 Å². The van der Waals surface area contributed by atoms with Crippen molar-refractivity contribution in [2.24, 2.45) is 0 Å². The van der Waals surface area contributed by atoms with Crippen LogP contribution in [0.5, 0.6) is 0 Å². The second-order valence-corrected chi connectivity index (χ2v) is 6.46. The molecule has 0 radical (unpaired) electrons. The summed E-state index contributed by atoms with van der Waals surface area (Å²) in [5, 5.41) is 10.2. The van der Waals surface area contributed by atoms with E-state index in [0.717, 1.165) is 4.47 Å². The fourth-order valence-electron chi connectivity index (χ4n) is 2.44. The number of rotatable bonds is 3. The Kier molecular flexibility index (Phi) is 4.16. The first-order valence-electron chi connectivity index (χ1n) is 7.67. The van der Waals surface area contributed by atoms with Gasteiger partial charge in [-0.2, -0.15) is 0 Å². The highest BCUT2D eigenvalue weighted by atomic mass is 79.9. The molecule has 0 aliphatic rings. The Morgan fingerprint density at radius 3 is 2.56 bits per heavy atom. The normalized spacial score (nSPS) is 10.9. The number of nitrogens with zero attached hydrogens (tertiary/aromatic N) is 2. The first-order valence-corrected chi connectivity index (χ1v) is 8.46. The van der Waals surface area contributed by atoms with E-state index < -0.39 is 17.0 Å². The molecule has 0 aliphatic carbocycles. The molecule has 4 aromatic rings. The number of carbonyl (C=O) groups excluding carboxylic acids is 1. The molecule has 0 spiro atoms. The van der Waals surface area contributed by atoms with Crippen molar-refractivity contribution in [2.45, 2.75) is 0 Å². The smallest absolute Gasteiger partial charge is 0.322 e. The predicted octanol–water partition coefficient (Wildman–Crippen LogP) is 2.28. The minimum Gasteiger partial charge on any atom is -0.403 e. The Labute approximate surface area is 158 Å². The molecule has 0 fully saturated rings. The van der Waals surface area contributed by atoms with Crippen molar-refractivity contribution >= 4 is 38.9 Å². The van der Waals surface area contributed by atoms with E-state index in [1.165, 1.54) is 18.2 Å². The molecule has 9 nitrogen and oxygen atoms in total. The summed E-state index contributed by atoms with van der Waals surface area (Å²) in [6, 6.07) is 11.7. The maximum atomic E-state index is 12.4. The van der Waals surface area contributed by atoms with Crippen molar-refractivity contribution in [1.82, 2.24) is 20.2 Å². The fraction of sp³-hybridized carbons (Fsp3) is 0. The molecule has 0 saturated heterocycles. The monoisotopic (exact) mass is 427 g/mol. The minimum atomic E-state index is -0.796. The van der Waals surface area contributed by atoms with E-state index in [9.17, 15) is 14.4 Å². The molecule has 134 valence electrons. The first-order chi connectivity index (χ1) is 13.0. The maximum Gasteiger partial charge on any atom is 0.322 e. The van der Waals surface area contributed by atoms with Crippen molar-refractivity contribution in [2.75, 3.05) is 5.32 Å². The van der Waals surface area contributed by atoms with Crippen LogP contribution in [0.15, 0.2) is 60.9 Å². The standard InChI is InChI=1S/C17H10BrN5O4/c18-10-3-1-2-9(6-10)16-22-23-17(27-16)21-13(24)8-4-5-11-12(7-8)20-15(26)14(25)19-11/h1-7H,(H,19,25)(H,20,26)(H,21,23,24). The molecule has 4 rings (SSSR count). The number of aromatic nitrogens is 4. The lowest BCUT2D eigenvalue weighted by Crippen LogP contribution is -2.29. The van der Waals surface area contributed by atoms with E-state index in [1.807, 2.05) is 12.1 Å². The maximum absolute atomic E-state index is 12.4. The first kappa shape index (κ1) is 16.9. The molecule has 0 aliphatic heterocycles. The highest BCUT2D eigenvalue weighted by Crippen LogP contribution is 2.23. The van der Waals surface area contributed by atoms with Crippen LogP contribution in [0, 0.1) is 0 Å². The van der Waals surface area contributed by atoms with Crippen molar-refractivity contribution in [1.29, 1.82) is 0 Å². The van der Waals surface area contributed by atoms with Crippen LogP contribution in [0.25, 0.3) is 22.5 Å². The predicted molar refractivity (Wildman–Crippen MR) is 101 cm³/mol. The lowest BCUT2D eigenvalue weighted by molar-refractivity contribution is 0.102. The van der Waals surface area contributed by atoms with Gasteiger partial charge in [-0.15, -0.1) is 5.10 Å². The van der Waals surface area contributed by atoms with Gasteiger partial charge in [0.25, 0.3) is 5.91 Å². The number of nitrogens with one attached hydrogen (secondary N) is 3. The van der Waals surface area contributed by atoms with Gasteiger partial charge in [0.15, 0.2) is 0 Å². The van der Waals surface area contributed by atoms with Crippen LogP contribution >= 0.6 is 15.9 Å². The van der Waals surface area contributed by atoms with E-state index in [1.54, 1.807) is 12.1 Å². The van der Waals surface area contributed by atoms with Gasteiger partial charge in [-0.3, -0.25) is 19.7 Å². The summed E-state index contributed by atoms with van der Waals surface area (Å²) in [4.78, 5) is 40.0. The summed E-state index contributed by atoms with van der Waals surface area (Å²) in [7, 11) is 0. The zero-order valence-electron chi connectivity index (χ0n) is 13.4. The second-order valence-electron chi connectivity index (χ2n) is 5.55. The van der Waals surface area contributed by atoms with Crippen LogP contribution in [-0.4, -0.2) is 26.1 Å². The number of H-pyrrole nitrogens is 2. The largest absolute Gasteiger partial charge is 0.403 e. The van der Waals surface area contributed by atoms with Crippen molar-refractivity contribution in [3.8, 4) is 11.5 Å². The molecular formula is C17H10BrN5O4. The third kappa shape index (κ3) is 3.42. The molecule has 2 aromatic carbocycles. The number of anilines is 1. The number of carbonyl (C=O) groups is 1. The molecule has 2 heterocycles. The Balaban J connectivity index is 1.59. The molecule has 3 N–H and O–H groups in total. The van der Waals surface area contributed by atoms with E-state index in [-0.39, 0.29) is 17.5 Å². The van der Waals surface area contributed by atoms with Gasteiger partial charge in [0.1, 0.15) is 0 Å². The fourth-order valence-corrected chi connectivity index (χ4v) is 2.84. The van der Waals surface area contributed by atoms with Crippen LogP contribution in [0.4, 0.5) is 6.01 Å². The lowest BCUT2D eigenvalue weighted by atomic mass is 10.2. The third-order valence-electron chi connectivity index (χ3n) is 3.70. The quantitative estimate of drug-likeness (QED) is 0.429. The van der Waals surface area contributed by atoms with E-state index >= 15 is 0 Å². The van der Waals surface area contributed by atoms with Crippen LogP contribution < -0.4 is 16.4 Å². The number of halogens is 1. The molecule has 0 atom stereocenters. The summed E-state index contributed by atoms with van der Waals surface area (Å²) >= 11 is 3.36. The van der Waals surface area contributed by atoms with Crippen molar-refractivity contribution in [3.63, 3.8) is 0 Å². The van der Waals surface area contributed by atoms with Crippen LogP contribution in [0.3, 0.4) is 0 Å². The lowest BCUT2D eigenvalue weighted by Gasteiger charge is -2.02. The zero-order chi connectivity index (χ0) is 19.0. The topological polar surface area (TPSA) is 134 Å². The molecule has 0 unspecified atom stereocenters. The molecule has 0 bridgehead atoms. The highest BCUT2D eigenvalue weighted by molar-refractivity contribution is 9.10. The zero-order valence-corrected chi connectivity index (χ0v) is 15.0. The second kappa shape index (κ2) is 6.65. The van der Waals surface area contributed by atoms with Gasteiger partial charge in [0.2, 0.25) is 5.89 Å². The van der Waals surface area contributed by atoms with Gasteiger partial charge < -0.3 is 14.4 Å². The SMILES string of the molecule is O=C(Nc1nnc(-c2cccc(Br)c2)o1)c1ccc2[nH]c(=O)c(=O)[nH]c2c1. The number of benzene rings is 2. The van der Waals surface area contributed by atoms with Crippen molar-refractivity contribution in [3.05, 3.63) is 73.2 Å². The van der Waals surface area contributed by atoms with E-state index in [0.29, 0.717) is 16.6 Å². The average molecular weight is 428 g/mol. The molecule has 10 heteroatoms. The van der Waals surface area contributed by atoms with Gasteiger partial charge in [-0.25, -0.2) is 0 Å².